The van der Waals surface area contributed by atoms with Crippen LogP contribution in [0.4, 0.5) is 9.18 Å². The molecule has 0 unspecified atom stereocenters. The van der Waals surface area contributed by atoms with E-state index < -0.39 is 0 Å². The van der Waals surface area contributed by atoms with E-state index in [1.165, 1.54) is 6.07 Å². The number of benzene rings is 1. The van der Waals surface area contributed by atoms with Crippen LogP contribution in [0.15, 0.2) is 24.3 Å². The Balaban J connectivity index is 1.68. The van der Waals surface area contributed by atoms with Gasteiger partial charge in [0.2, 0.25) is 0 Å². The normalized spacial score (nSPS) is 31.2. The Hall–Kier alpha value is -1.58. The molecule has 1 saturated carbocycles. The molecule has 3 nitrogen and oxygen atoms in total. The van der Waals surface area contributed by atoms with E-state index in [9.17, 15) is 9.18 Å². The zero-order valence-electron chi connectivity index (χ0n) is 10.2. The molecular weight excluding hydrogens is 231 g/mol. The fourth-order valence-corrected chi connectivity index (χ4v) is 3.14. The molecule has 1 aliphatic heterocycles. The maximum absolute atomic E-state index is 13.2. The largest absolute Gasteiger partial charge is 0.336 e. The summed E-state index contributed by atoms with van der Waals surface area (Å²) in [6, 6.07) is 6.83. The van der Waals surface area contributed by atoms with Gasteiger partial charge in [0.1, 0.15) is 5.82 Å². The van der Waals surface area contributed by atoms with Crippen molar-refractivity contribution in [2.45, 2.75) is 37.1 Å². The summed E-state index contributed by atoms with van der Waals surface area (Å²) < 4.78 is 13.2. The number of carbonyl (C=O) groups is 1. The van der Waals surface area contributed by atoms with E-state index in [4.69, 9.17) is 0 Å². The monoisotopic (exact) mass is 248 g/mol. The summed E-state index contributed by atoms with van der Waals surface area (Å²) in [7, 11) is 0. The first-order chi connectivity index (χ1) is 8.67. The minimum Gasteiger partial charge on any atom is -0.336 e. The Bertz CT molecular complexity index is 467. The molecule has 2 aliphatic rings. The van der Waals surface area contributed by atoms with E-state index >= 15 is 0 Å². The summed E-state index contributed by atoms with van der Waals surface area (Å²) in [5.74, 6) is 0.257. The topological polar surface area (TPSA) is 41.1 Å². The molecule has 96 valence electrons. The molecule has 4 heteroatoms. The molecule has 1 heterocycles. The smallest absolute Gasteiger partial charge is 0.315 e. The number of hydrogen-bond donors (Lipinski definition) is 2. The summed E-state index contributed by atoms with van der Waals surface area (Å²) in [5, 5.41) is 5.86. The molecule has 1 aromatic rings. The van der Waals surface area contributed by atoms with Crippen LogP contribution >= 0.6 is 0 Å². The van der Waals surface area contributed by atoms with Crippen LogP contribution in [-0.2, 0) is 0 Å². The average molecular weight is 248 g/mol. The van der Waals surface area contributed by atoms with E-state index in [1.54, 1.807) is 12.1 Å². The number of nitrogens with one attached hydrogen (secondary N) is 2. The van der Waals surface area contributed by atoms with Gasteiger partial charge in [0.15, 0.2) is 0 Å². The second-order valence-corrected chi connectivity index (χ2v) is 5.42. The quantitative estimate of drug-likeness (QED) is 0.788. The van der Waals surface area contributed by atoms with Crippen molar-refractivity contribution in [2.24, 2.45) is 0 Å². The van der Waals surface area contributed by atoms with Crippen LogP contribution in [0, 0.1) is 5.82 Å². The third kappa shape index (κ3) is 2.07. The van der Waals surface area contributed by atoms with Crippen LogP contribution in [0.5, 0.6) is 0 Å². The first kappa shape index (κ1) is 11.5. The highest BCUT2D eigenvalue weighted by atomic mass is 19.1. The van der Waals surface area contributed by atoms with Crippen LogP contribution in [0.2, 0.25) is 0 Å². The fraction of sp³-hybridized carbons (Fsp3) is 0.500. The molecular formula is C14H17FN2O. The molecule has 1 saturated heterocycles. The number of rotatable bonds is 1. The Morgan fingerprint density at radius 3 is 2.67 bits per heavy atom. The number of amides is 2. The van der Waals surface area contributed by atoms with Gasteiger partial charge in [-0.2, -0.15) is 0 Å². The Morgan fingerprint density at radius 1 is 1.28 bits per heavy atom. The van der Waals surface area contributed by atoms with Gasteiger partial charge in [0, 0.05) is 6.54 Å². The first-order valence-electron chi connectivity index (χ1n) is 6.48. The van der Waals surface area contributed by atoms with E-state index in [1.807, 2.05) is 6.07 Å². The molecule has 3 rings (SSSR count). The van der Waals surface area contributed by atoms with E-state index in [0.717, 1.165) is 37.8 Å². The second-order valence-electron chi connectivity index (χ2n) is 5.42. The minimum atomic E-state index is -0.163. The number of urea groups is 1. The van der Waals surface area contributed by atoms with Gasteiger partial charge in [-0.1, -0.05) is 12.1 Å². The maximum atomic E-state index is 13.2. The highest BCUT2D eigenvalue weighted by molar-refractivity contribution is 5.77. The fourth-order valence-electron chi connectivity index (χ4n) is 3.14. The highest BCUT2D eigenvalue weighted by Gasteiger charge is 2.40. The van der Waals surface area contributed by atoms with Gasteiger partial charge in [-0.15, -0.1) is 0 Å². The summed E-state index contributed by atoms with van der Waals surface area (Å²) >= 11 is 0. The SMILES string of the molecule is O=C1NCC2(CCC(c3cccc(F)c3)CC2)N1. The third-order valence-corrected chi connectivity index (χ3v) is 4.23. The lowest BCUT2D eigenvalue weighted by molar-refractivity contribution is 0.231. The minimum absolute atomic E-state index is 0.0547. The van der Waals surface area contributed by atoms with E-state index in [0.29, 0.717) is 5.92 Å². The summed E-state index contributed by atoms with van der Waals surface area (Å²) in [4.78, 5) is 11.2. The van der Waals surface area contributed by atoms with Crippen molar-refractivity contribution in [2.75, 3.05) is 6.54 Å². The molecule has 0 bridgehead atoms. The molecule has 2 amide bonds. The standard InChI is InChI=1S/C14H17FN2O/c15-12-3-1-2-11(8-12)10-4-6-14(7-5-10)9-16-13(18)17-14/h1-3,8,10H,4-7,9H2,(H2,16,17,18). The van der Waals surface area contributed by atoms with Gasteiger partial charge in [-0.3, -0.25) is 0 Å². The third-order valence-electron chi connectivity index (χ3n) is 4.23. The average Bonchev–Trinajstić information content (AvgIpc) is 2.72. The van der Waals surface area contributed by atoms with Gasteiger partial charge in [0.05, 0.1) is 5.54 Å². The molecule has 0 atom stereocenters. The predicted octanol–water partition coefficient (Wildman–Crippen LogP) is 2.53. The van der Waals surface area contributed by atoms with Crippen molar-refractivity contribution in [3.8, 4) is 0 Å². The number of carbonyl (C=O) groups excluding carboxylic acids is 1. The lowest BCUT2D eigenvalue weighted by atomic mass is 9.74. The van der Waals surface area contributed by atoms with Crippen molar-refractivity contribution < 1.29 is 9.18 Å². The lowest BCUT2D eigenvalue weighted by Gasteiger charge is -2.36. The van der Waals surface area contributed by atoms with Crippen molar-refractivity contribution >= 4 is 6.03 Å². The molecule has 0 radical (unpaired) electrons. The van der Waals surface area contributed by atoms with Gasteiger partial charge < -0.3 is 10.6 Å². The molecule has 1 aliphatic carbocycles. The van der Waals surface area contributed by atoms with Crippen molar-refractivity contribution in [1.82, 2.24) is 10.6 Å². The zero-order chi connectivity index (χ0) is 12.6. The Labute approximate surface area is 106 Å². The zero-order valence-corrected chi connectivity index (χ0v) is 10.2. The van der Waals surface area contributed by atoms with Gasteiger partial charge in [-0.05, 0) is 49.3 Å². The Kier molecular flexibility index (Phi) is 2.73. The van der Waals surface area contributed by atoms with Crippen molar-refractivity contribution in [1.29, 1.82) is 0 Å². The first-order valence-corrected chi connectivity index (χ1v) is 6.48. The molecule has 0 aromatic heterocycles. The molecule has 1 aromatic carbocycles. The Morgan fingerprint density at radius 2 is 2.06 bits per heavy atom. The van der Waals surface area contributed by atoms with Crippen molar-refractivity contribution in [3.05, 3.63) is 35.6 Å². The van der Waals surface area contributed by atoms with Crippen LogP contribution in [0.3, 0.4) is 0 Å². The summed E-state index contributed by atoms with van der Waals surface area (Å²) in [5.41, 5.74) is 1.03. The molecule has 1 spiro atoms. The number of hydrogen-bond acceptors (Lipinski definition) is 1. The second kappa shape index (κ2) is 4.26. The summed E-state index contributed by atoms with van der Waals surface area (Å²) in [6.45, 7) is 0.724. The number of halogens is 1. The van der Waals surface area contributed by atoms with Crippen LogP contribution in [-0.4, -0.2) is 18.1 Å². The molecule has 2 fully saturated rings. The van der Waals surface area contributed by atoms with Crippen LogP contribution < -0.4 is 10.6 Å². The molecule has 2 N–H and O–H groups in total. The van der Waals surface area contributed by atoms with E-state index in [2.05, 4.69) is 10.6 Å². The summed E-state index contributed by atoms with van der Waals surface area (Å²) in [6.07, 6.45) is 3.94. The maximum Gasteiger partial charge on any atom is 0.315 e. The van der Waals surface area contributed by atoms with E-state index in [-0.39, 0.29) is 17.4 Å². The lowest BCUT2D eigenvalue weighted by Crippen LogP contribution is -2.46. The van der Waals surface area contributed by atoms with Gasteiger partial charge in [0.25, 0.3) is 0 Å². The van der Waals surface area contributed by atoms with Crippen LogP contribution in [0.25, 0.3) is 0 Å². The van der Waals surface area contributed by atoms with Gasteiger partial charge >= 0.3 is 6.03 Å². The van der Waals surface area contributed by atoms with Crippen molar-refractivity contribution in [3.63, 3.8) is 0 Å². The van der Waals surface area contributed by atoms with Gasteiger partial charge in [-0.25, -0.2) is 9.18 Å². The predicted molar refractivity (Wildman–Crippen MR) is 66.9 cm³/mol. The molecule has 18 heavy (non-hydrogen) atoms. The highest BCUT2D eigenvalue weighted by Crippen LogP contribution is 2.38. The van der Waals surface area contributed by atoms with Crippen LogP contribution in [0.1, 0.15) is 37.2 Å².